The molecule has 0 N–H and O–H groups in total. The highest BCUT2D eigenvalue weighted by Crippen LogP contribution is 2.25. The molecule has 140 valence electrons. The summed E-state index contributed by atoms with van der Waals surface area (Å²) in [6, 6.07) is 16.3. The summed E-state index contributed by atoms with van der Waals surface area (Å²) in [6.45, 7) is 4.80. The lowest BCUT2D eigenvalue weighted by atomic mass is 10.1. The van der Waals surface area contributed by atoms with Gasteiger partial charge in [0.1, 0.15) is 17.6 Å². The zero-order chi connectivity index (χ0) is 18.6. The molecule has 1 aliphatic heterocycles. The molecule has 0 unspecified atom stereocenters. The van der Waals surface area contributed by atoms with Crippen molar-refractivity contribution in [2.24, 2.45) is 0 Å². The molecule has 1 heterocycles. The Morgan fingerprint density at radius 3 is 2.12 bits per heavy atom. The van der Waals surface area contributed by atoms with Crippen LogP contribution in [0, 0.1) is 0 Å². The maximum atomic E-state index is 12.8. The van der Waals surface area contributed by atoms with Crippen LogP contribution in [0.25, 0.3) is 0 Å². The number of ether oxygens (including phenoxy) is 2. The van der Waals surface area contributed by atoms with Gasteiger partial charge in [0.15, 0.2) is 0 Å². The maximum Gasteiger partial charge on any atom is 0.243 e. The van der Waals surface area contributed by atoms with E-state index in [2.05, 4.69) is 0 Å². The van der Waals surface area contributed by atoms with Crippen LogP contribution in [-0.4, -0.2) is 38.0 Å². The SMILES string of the molecule is CC(C)Oc1ccc(S(=O)(=O)N2CCC(Oc3ccccc3)CC2)cc1. The smallest absolute Gasteiger partial charge is 0.243 e. The topological polar surface area (TPSA) is 55.8 Å². The number of hydrogen-bond donors (Lipinski definition) is 0. The molecule has 0 spiro atoms. The third-order valence-corrected chi connectivity index (χ3v) is 6.19. The van der Waals surface area contributed by atoms with Crippen LogP contribution < -0.4 is 9.47 Å². The molecule has 1 aliphatic rings. The lowest BCUT2D eigenvalue weighted by molar-refractivity contribution is 0.135. The van der Waals surface area contributed by atoms with Crippen molar-refractivity contribution in [3.63, 3.8) is 0 Å². The molecular formula is C20H25NO4S. The van der Waals surface area contributed by atoms with Crippen molar-refractivity contribution < 1.29 is 17.9 Å². The first kappa shape index (κ1) is 18.7. The predicted octanol–water partition coefficient (Wildman–Crippen LogP) is 3.71. The molecule has 0 amide bonds. The molecule has 26 heavy (non-hydrogen) atoms. The van der Waals surface area contributed by atoms with Gasteiger partial charge in [-0.3, -0.25) is 0 Å². The average Bonchev–Trinajstić information content (AvgIpc) is 2.63. The largest absolute Gasteiger partial charge is 0.491 e. The second-order valence-electron chi connectivity index (χ2n) is 6.67. The Labute approximate surface area is 155 Å². The van der Waals surface area contributed by atoms with Crippen LogP contribution in [0.3, 0.4) is 0 Å². The zero-order valence-electron chi connectivity index (χ0n) is 15.2. The van der Waals surface area contributed by atoms with Gasteiger partial charge in [0.25, 0.3) is 0 Å². The Bertz CT molecular complexity index is 795. The molecule has 3 rings (SSSR count). The van der Waals surface area contributed by atoms with Gasteiger partial charge < -0.3 is 9.47 Å². The van der Waals surface area contributed by atoms with Gasteiger partial charge in [-0.2, -0.15) is 4.31 Å². The van der Waals surface area contributed by atoms with Gasteiger partial charge in [-0.15, -0.1) is 0 Å². The van der Waals surface area contributed by atoms with Crippen LogP contribution in [0.5, 0.6) is 11.5 Å². The average molecular weight is 375 g/mol. The van der Waals surface area contributed by atoms with Gasteiger partial charge >= 0.3 is 0 Å². The van der Waals surface area contributed by atoms with E-state index in [1.165, 1.54) is 4.31 Å². The van der Waals surface area contributed by atoms with Crippen molar-refractivity contribution in [2.75, 3.05) is 13.1 Å². The summed E-state index contributed by atoms with van der Waals surface area (Å²) in [5.41, 5.74) is 0. The minimum Gasteiger partial charge on any atom is -0.491 e. The quantitative estimate of drug-likeness (QED) is 0.772. The summed E-state index contributed by atoms with van der Waals surface area (Å²) >= 11 is 0. The minimum absolute atomic E-state index is 0.0469. The van der Waals surface area contributed by atoms with Crippen molar-refractivity contribution in [1.82, 2.24) is 4.31 Å². The van der Waals surface area contributed by atoms with E-state index in [4.69, 9.17) is 9.47 Å². The Morgan fingerprint density at radius 2 is 1.54 bits per heavy atom. The molecule has 0 radical (unpaired) electrons. The lowest BCUT2D eigenvalue weighted by Crippen LogP contribution is -2.41. The highest BCUT2D eigenvalue weighted by atomic mass is 32.2. The normalized spacial score (nSPS) is 16.6. The number of para-hydroxylation sites is 1. The number of nitrogens with zero attached hydrogens (tertiary/aromatic N) is 1. The number of rotatable bonds is 6. The van der Waals surface area contributed by atoms with Gasteiger partial charge in [-0.1, -0.05) is 18.2 Å². The van der Waals surface area contributed by atoms with Crippen molar-refractivity contribution in [1.29, 1.82) is 0 Å². The van der Waals surface area contributed by atoms with Crippen LogP contribution in [0.4, 0.5) is 0 Å². The number of benzene rings is 2. The Morgan fingerprint density at radius 1 is 0.923 bits per heavy atom. The fourth-order valence-corrected chi connectivity index (χ4v) is 4.46. The monoisotopic (exact) mass is 375 g/mol. The van der Waals surface area contributed by atoms with Gasteiger partial charge in [0, 0.05) is 13.1 Å². The van der Waals surface area contributed by atoms with Gasteiger partial charge in [0.05, 0.1) is 11.0 Å². The molecular weight excluding hydrogens is 350 g/mol. The Kier molecular flexibility index (Phi) is 5.84. The van der Waals surface area contributed by atoms with Crippen LogP contribution in [0.15, 0.2) is 59.5 Å². The number of sulfonamides is 1. The third kappa shape index (κ3) is 4.56. The van der Waals surface area contributed by atoms with Crippen LogP contribution in [0.2, 0.25) is 0 Å². The van der Waals surface area contributed by atoms with Crippen LogP contribution in [0.1, 0.15) is 26.7 Å². The summed E-state index contributed by atoms with van der Waals surface area (Å²) in [6.07, 6.45) is 1.47. The molecule has 0 bridgehead atoms. The highest BCUT2D eigenvalue weighted by molar-refractivity contribution is 7.89. The van der Waals surface area contributed by atoms with E-state index in [0.29, 0.717) is 36.6 Å². The molecule has 0 aliphatic carbocycles. The second-order valence-corrected chi connectivity index (χ2v) is 8.61. The maximum absolute atomic E-state index is 12.8. The van der Waals surface area contributed by atoms with Crippen molar-refractivity contribution in [3.8, 4) is 11.5 Å². The lowest BCUT2D eigenvalue weighted by Gasteiger charge is -2.31. The molecule has 2 aromatic carbocycles. The van der Waals surface area contributed by atoms with Gasteiger partial charge in [-0.25, -0.2) is 8.42 Å². The fraction of sp³-hybridized carbons (Fsp3) is 0.400. The van der Waals surface area contributed by atoms with E-state index in [0.717, 1.165) is 5.75 Å². The van der Waals surface area contributed by atoms with E-state index >= 15 is 0 Å². The van der Waals surface area contributed by atoms with Crippen molar-refractivity contribution >= 4 is 10.0 Å². The summed E-state index contributed by atoms with van der Waals surface area (Å²) < 4.78 is 38.7. The minimum atomic E-state index is -3.48. The molecule has 0 aromatic heterocycles. The fourth-order valence-electron chi connectivity index (χ4n) is 2.99. The summed E-state index contributed by atoms with van der Waals surface area (Å²) in [4.78, 5) is 0.302. The van der Waals surface area contributed by atoms with Crippen LogP contribution >= 0.6 is 0 Å². The summed E-state index contributed by atoms with van der Waals surface area (Å²) in [5, 5.41) is 0. The number of hydrogen-bond acceptors (Lipinski definition) is 4. The molecule has 1 saturated heterocycles. The van der Waals surface area contributed by atoms with Gasteiger partial charge in [-0.05, 0) is 63.1 Å². The van der Waals surface area contributed by atoms with E-state index in [1.54, 1.807) is 24.3 Å². The molecule has 1 fully saturated rings. The molecule has 2 aromatic rings. The zero-order valence-corrected chi connectivity index (χ0v) is 16.0. The van der Waals surface area contributed by atoms with Crippen molar-refractivity contribution in [3.05, 3.63) is 54.6 Å². The number of piperidine rings is 1. The standard InChI is InChI=1S/C20H25NO4S/c1-16(2)24-18-8-10-20(11-9-18)26(22,23)21-14-12-19(13-15-21)25-17-6-4-3-5-7-17/h3-11,16,19H,12-15H2,1-2H3. The first-order valence-corrected chi connectivity index (χ1v) is 10.4. The molecule has 0 saturated carbocycles. The summed E-state index contributed by atoms with van der Waals surface area (Å²) in [7, 11) is -3.48. The first-order chi connectivity index (χ1) is 12.4. The van der Waals surface area contributed by atoms with E-state index in [9.17, 15) is 8.42 Å². The second kappa shape index (κ2) is 8.10. The van der Waals surface area contributed by atoms with E-state index in [-0.39, 0.29) is 12.2 Å². The molecule has 5 nitrogen and oxygen atoms in total. The molecule has 0 atom stereocenters. The Hall–Kier alpha value is -2.05. The summed E-state index contributed by atoms with van der Waals surface area (Å²) in [5.74, 6) is 1.50. The Balaban J connectivity index is 1.60. The van der Waals surface area contributed by atoms with E-state index < -0.39 is 10.0 Å². The predicted molar refractivity (Wildman–Crippen MR) is 101 cm³/mol. The third-order valence-electron chi connectivity index (χ3n) is 4.28. The van der Waals surface area contributed by atoms with Crippen molar-refractivity contribution in [2.45, 2.75) is 43.8 Å². The highest BCUT2D eigenvalue weighted by Gasteiger charge is 2.30. The first-order valence-electron chi connectivity index (χ1n) is 8.94. The van der Waals surface area contributed by atoms with E-state index in [1.807, 2.05) is 44.2 Å². The molecule has 6 heteroatoms. The van der Waals surface area contributed by atoms with Gasteiger partial charge in [0.2, 0.25) is 10.0 Å². The van der Waals surface area contributed by atoms with Crippen LogP contribution in [-0.2, 0) is 10.0 Å².